The third-order valence-corrected chi connectivity index (χ3v) is 6.67. The van der Waals surface area contributed by atoms with Crippen molar-refractivity contribution in [2.75, 3.05) is 0 Å². The van der Waals surface area contributed by atoms with Gasteiger partial charge in [0.25, 0.3) is 5.91 Å². The number of thiophene rings is 1. The van der Waals surface area contributed by atoms with Gasteiger partial charge in [0.05, 0.1) is 11.1 Å². The Balaban J connectivity index is 1.63. The Morgan fingerprint density at radius 2 is 2.22 bits per heavy atom. The number of carboxylic acids is 1. The van der Waals surface area contributed by atoms with Crippen molar-refractivity contribution in [2.24, 2.45) is 0 Å². The van der Waals surface area contributed by atoms with Gasteiger partial charge in [-0.05, 0) is 25.3 Å². The molecule has 4 rings (SSSR count). The number of carbonyl (C=O) groups excluding carboxylic acids is 1. The fraction of sp³-hybridized carbons (Fsp3) is 0.429. The Labute approximate surface area is 140 Å². The Morgan fingerprint density at radius 1 is 1.43 bits per heavy atom. The highest BCUT2D eigenvalue weighted by molar-refractivity contribution is 8.01. The van der Waals surface area contributed by atoms with E-state index in [0.29, 0.717) is 0 Å². The van der Waals surface area contributed by atoms with Gasteiger partial charge in [-0.1, -0.05) is 11.3 Å². The summed E-state index contributed by atoms with van der Waals surface area (Å²) >= 11 is 3.06. The fourth-order valence-electron chi connectivity index (χ4n) is 3.19. The van der Waals surface area contributed by atoms with Crippen LogP contribution < -0.4 is 0 Å². The summed E-state index contributed by atoms with van der Waals surface area (Å²) in [7, 11) is 0. The van der Waals surface area contributed by atoms with Crippen molar-refractivity contribution < 1.29 is 14.7 Å². The molecule has 2 saturated heterocycles. The fourth-order valence-corrected chi connectivity index (χ4v) is 5.54. The van der Waals surface area contributed by atoms with Crippen molar-refractivity contribution in [1.82, 2.24) is 19.9 Å². The minimum absolute atomic E-state index is 0.205. The van der Waals surface area contributed by atoms with Crippen molar-refractivity contribution >= 4 is 35.0 Å². The first-order chi connectivity index (χ1) is 10.9. The second kappa shape index (κ2) is 4.81. The van der Waals surface area contributed by atoms with Crippen LogP contribution in [0.15, 0.2) is 23.7 Å². The molecule has 2 aromatic rings. The van der Waals surface area contributed by atoms with Crippen molar-refractivity contribution in [3.05, 3.63) is 23.7 Å². The predicted molar refractivity (Wildman–Crippen MR) is 86.1 cm³/mol. The molecule has 0 aromatic carbocycles. The average molecular weight is 350 g/mol. The molecule has 23 heavy (non-hydrogen) atoms. The number of rotatable bonds is 3. The molecule has 2 aliphatic rings. The van der Waals surface area contributed by atoms with Crippen molar-refractivity contribution in [3.63, 3.8) is 0 Å². The molecule has 1 amide bonds. The summed E-state index contributed by atoms with van der Waals surface area (Å²) < 4.78 is 1.03. The topological polar surface area (TPSA) is 88.3 Å². The van der Waals surface area contributed by atoms with E-state index >= 15 is 0 Å². The summed E-state index contributed by atoms with van der Waals surface area (Å²) in [5.74, 6) is -1.17. The number of hydrogen-bond donors (Lipinski definition) is 1. The van der Waals surface area contributed by atoms with E-state index in [9.17, 15) is 14.7 Å². The Hall–Kier alpha value is -1.87. The minimum Gasteiger partial charge on any atom is -0.480 e. The monoisotopic (exact) mass is 350 g/mol. The molecule has 0 spiro atoms. The van der Waals surface area contributed by atoms with Crippen LogP contribution in [0.1, 0.15) is 19.9 Å². The van der Waals surface area contributed by atoms with Gasteiger partial charge in [0.1, 0.15) is 17.1 Å². The molecule has 120 valence electrons. The Bertz CT molecular complexity index is 786. The van der Waals surface area contributed by atoms with Crippen LogP contribution in [0.25, 0.3) is 10.6 Å². The summed E-state index contributed by atoms with van der Waals surface area (Å²) in [6, 6.07) is 2.59. The van der Waals surface area contributed by atoms with E-state index in [1.807, 2.05) is 31.4 Å². The number of β-lactam (4-membered cyclic amide) rings is 1. The van der Waals surface area contributed by atoms with E-state index in [0.717, 1.165) is 10.6 Å². The lowest BCUT2D eigenvalue weighted by atomic mass is 9.96. The third-order valence-electron chi connectivity index (χ3n) is 4.22. The molecule has 9 heteroatoms. The second-order valence-corrected chi connectivity index (χ2v) is 8.82. The number of nitrogens with zero attached hydrogens (tertiary/aromatic N) is 4. The van der Waals surface area contributed by atoms with E-state index in [2.05, 4.69) is 10.3 Å². The molecule has 7 nitrogen and oxygen atoms in total. The highest BCUT2D eigenvalue weighted by Gasteiger charge is 2.64. The summed E-state index contributed by atoms with van der Waals surface area (Å²) in [6.45, 7) is 3.72. The van der Waals surface area contributed by atoms with Crippen LogP contribution in [0.4, 0.5) is 0 Å². The lowest BCUT2D eigenvalue weighted by molar-refractivity contribution is -0.162. The van der Waals surface area contributed by atoms with E-state index in [4.69, 9.17) is 0 Å². The number of hydrogen-bond acceptors (Lipinski definition) is 6. The van der Waals surface area contributed by atoms with Gasteiger partial charge in [0, 0.05) is 4.75 Å². The molecular formula is C14H14N4O3S2. The van der Waals surface area contributed by atoms with Crippen LogP contribution in [-0.4, -0.2) is 53.0 Å². The first kappa shape index (κ1) is 14.7. The molecule has 3 atom stereocenters. The van der Waals surface area contributed by atoms with Crippen molar-refractivity contribution in [3.8, 4) is 10.6 Å². The zero-order valence-corrected chi connectivity index (χ0v) is 14.0. The lowest BCUT2D eigenvalue weighted by Crippen LogP contribution is -2.62. The largest absolute Gasteiger partial charge is 0.480 e. The maximum absolute atomic E-state index is 12.5. The zero-order valence-electron chi connectivity index (χ0n) is 12.4. The van der Waals surface area contributed by atoms with Gasteiger partial charge >= 0.3 is 5.97 Å². The smallest absolute Gasteiger partial charge is 0.327 e. The molecule has 0 saturated carbocycles. The van der Waals surface area contributed by atoms with Crippen LogP contribution >= 0.6 is 23.1 Å². The third kappa shape index (κ3) is 2.03. The maximum Gasteiger partial charge on any atom is 0.327 e. The van der Waals surface area contributed by atoms with Crippen LogP contribution in [0, 0.1) is 0 Å². The number of fused-ring (bicyclic) bond motifs is 1. The summed E-state index contributed by atoms with van der Waals surface area (Å²) in [5, 5.41) is 19.4. The first-order valence-corrected chi connectivity index (χ1v) is 8.84. The average Bonchev–Trinajstić information content (AvgIpc) is 3.17. The molecule has 2 fully saturated rings. The van der Waals surface area contributed by atoms with Gasteiger partial charge in [-0.15, -0.1) is 28.2 Å². The standard InChI is InChI=1S/C14H14N4O3S2/c1-14(2)10(13(20)21)18-11(19)9(12(18)23-14)17-6-7(15-16-17)8-4-3-5-22-8/h3-6,9-10,12H,1-2H3,(H,20,21)/t9-,10+,12-/m1/s1. The first-order valence-electron chi connectivity index (χ1n) is 7.08. The predicted octanol–water partition coefficient (Wildman–Crippen LogP) is 1.69. The summed E-state index contributed by atoms with van der Waals surface area (Å²) in [6.07, 6.45) is 1.76. The van der Waals surface area contributed by atoms with Crippen LogP contribution in [0.3, 0.4) is 0 Å². The van der Waals surface area contributed by atoms with Gasteiger partial charge in [-0.3, -0.25) is 4.79 Å². The maximum atomic E-state index is 12.5. The molecule has 2 aromatic heterocycles. The van der Waals surface area contributed by atoms with Gasteiger partial charge in [-0.25, -0.2) is 9.48 Å². The Kier molecular flexibility index (Phi) is 3.08. The van der Waals surface area contributed by atoms with Gasteiger partial charge < -0.3 is 10.0 Å². The minimum atomic E-state index is -0.963. The van der Waals surface area contributed by atoms with E-state index in [1.54, 1.807) is 22.2 Å². The van der Waals surface area contributed by atoms with Crippen LogP contribution in [0.2, 0.25) is 0 Å². The molecule has 0 bridgehead atoms. The van der Waals surface area contributed by atoms with Crippen LogP contribution in [0.5, 0.6) is 0 Å². The SMILES string of the molecule is CC1(C)S[C@@H]2[C@H](n3cc(-c4cccs4)nn3)C(=O)N2[C@H]1C(=O)O. The summed E-state index contributed by atoms with van der Waals surface area (Å²) in [5.41, 5.74) is 0.725. The van der Waals surface area contributed by atoms with Crippen molar-refractivity contribution in [2.45, 2.75) is 36.1 Å². The quantitative estimate of drug-likeness (QED) is 0.848. The Morgan fingerprint density at radius 3 is 2.87 bits per heavy atom. The van der Waals surface area contributed by atoms with Crippen LogP contribution in [-0.2, 0) is 9.59 Å². The molecule has 0 radical (unpaired) electrons. The van der Waals surface area contributed by atoms with E-state index < -0.39 is 22.8 Å². The highest BCUT2D eigenvalue weighted by Crippen LogP contribution is 2.54. The number of amides is 1. The number of carboxylic acid groups (broad SMARTS) is 1. The van der Waals surface area contributed by atoms with Gasteiger partial charge in [0.15, 0.2) is 6.04 Å². The molecule has 4 heterocycles. The van der Waals surface area contributed by atoms with Crippen molar-refractivity contribution in [1.29, 1.82) is 0 Å². The normalized spacial score (nSPS) is 28.5. The summed E-state index contributed by atoms with van der Waals surface area (Å²) in [4.78, 5) is 26.5. The number of carbonyl (C=O) groups is 2. The molecule has 2 aliphatic heterocycles. The highest BCUT2D eigenvalue weighted by atomic mass is 32.2. The number of thioether (sulfide) groups is 1. The molecular weight excluding hydrogens is 336 g/mol. The number of aromatic nitrogens is 3. The number of aliphatic carboxylic acids is 1. The molecule has 0 unspecified atom stereocenters. The molecule has 0 aliphatic carbocycles. The van der Waals surface area contributed by atoms with E-state index in [-0.39, 0.29) is 11.3 Å². The second-order valence-electron chi connectivity index (χ2n) is 6.10. The zero-order chi connectivity index (χ0) is 16.4. The van der Waals surface area contributed by atoms with E-state index in [1.165, 1.54) is 16.7 Å². The molecule has 1 N–H and O–H groups in total. The van der Waals surface area contributed by atoms with Gasteiger partial charge in [0.2, 0.25) is 0 Å². The lowest BCUT2D eigenvalue weighted by Gasteiger charge is -2.42. The van der Waals surface area contributed by atoms with Gasteiger partial charge in [-0.2, -0.15) is 0 Å².